The van der Waals surface area contributed by atoms with Crippen LogP contribution < -0.4 is 0 Å². The largest absolute Gasteiger partial charge is 0.419 e. The van der Waals surface area contributed by atoms with E-state index in [0.29, 0.717) is 6.07 Å². The molecule has 0 N–H and O–H groups in total. The molecule has 0 radical (unpaired) electrons. The minimum atomic E-state index is -4.82. The lowest BCUT2D eigenvalue weighted by Gasteiger charge is -2.11. The molecule has 6 heteroatoms. The minimum absolute atomic E-state index is 0.185. The molecule has 18 heavy (non-hydrogen) atoms. The van der Waals surface area contributed by atoms with Crippen molar-refractivity contribution in [3.05, 3.63) is 40.2 Å². The van der Waals surface area contributed by atoms with E-state index in [-0.39, 0.29) is 5.56 Å². The Labute approximate surface area is 100 Å². The van der Waals surface area contributed by atoms with E-state index in [2.05, 4.69) is 0 Å². The van der Waals surface area contributed by atoms with Gasteiger partial charge in [0.1, 0.15) is 23.5 Å². The maximum absolute atomic E-state index is 13.6. The molecule has 0 aliphatic heterocycles. The summed E-state index contributed by atoms with van der Waals surface area (Å²) >= 11 is 0. The Morgan fingerprint density at radius 3 is 2.22 bits per heavy atom. The average Bonchev–Trinajstić information content (AvgIpc) is 2.28. The molecular weight excluding hydrogens is 248 g/mol. The van der Waals surface area contributed by atoms with E-state index in [4.69, 9.17) is 10.5 Å². The van der Waals surface area contributed by atoms with Crippen molar-refractivity contribution in [2.45, 2.75) is 13.1 Å². The zero-order valence-corrected chi connectivity index (χ0v) is 9.14. The van der Waals surface area contributed by atoms with Crippen molar-refractivity contribution in [2.24, 2.45) is 0 Å². The highest BCUT2D eigenvalue weighted by molar-refractivity contribution is 5.63. The standard InChI is InChI=1S/C12H6F4N2/c1-7-2-9(4-8(5-17)6-18)11(13)10(3-7)12(14,15)16/h2-4H,1H3. The first-order valence-electron chi connectivity index (χ1n) is 4.69. The average molecular weight is 254 g/mol. The van der Waals surface area contributed by atoms with Crippen LogP contribution >= 0.6 is 0 Å². The smallest absolute Gasteiger partial charge is 0.206 e. The molecule has 0 unspecified atom stereocenters. The molecule has 0 aromatic heterocycles. The highest BCUT2D eigenvalue weighted by atomic mass is 19.4. The summed E-state index contributed by atoms with van der Waals surface area (Å²) in [5.41, 5.74) is -2.12. The van der Waals surface area contributed by atoms with Gasteiger partial charge in [0.25, 0.3) is 0 Å². The quantitative estimate of drug-likeness (QED) is 0.568. The van der Waals surface area contributed by atoms with Gasteiger partial charge in [0.2, 0.25) is 0 Å². The first-order chi connectivity index (χ1) is 8.29. The van der Waals surface area contributed by atoms with Gasteiger partial charge in [-0.3, -0.25) is 0 Å². The van der Waals surface area contributed by atoms with Crippen molar-refractivity contribution < 1.29 is 17.6 Å². The molecule has 0 fully saturated rings. The number of aryl methyl sites for hydroxylation is 1. The van der Waals surface area contributed by atoms with Gasteiger partial charge in [-0.2, -0.15) is 23.7 Å². The molecule has 0 spiro atoms. The molecule has 0 saturated carbocycles. The fraction of sp³-hybridized carbons (Fsp3) is 0.167. The van der Waals surface area contributed by atoms with Crippen LogP contribution in [0.25, 0.3) is 6.08 Å². The van der Waals surface area contributed by atoms with Gasteiger partial charge >= 0.3 is 6.18 Å². The van der Waals surface area contributed by atoms with E-state index in [1.807, 2.05) is 0 Å². The molecule has 1 aromatic rings. The van der Waals surface area contributed by atoms with Gasteiger partial charge in [0.05, 0.1) is 5.56 Å². The molecule has 1 aromatic carbocycles. The number of alkyl halides is 3. The number of rotatable bonds is 1. The maximum atomic E-state index is 13.6. The summed E-state index contributed by atoms with van der Waals surface area (Å²) in [6.45, 7) is 1.37. The zero-order chi connectivity index (χ0) is 13.9. The lowest BCUT2D eigenvalue weighted by molar-refractivity contribution is -0.140. The Hall–Kier alpha value is -2.34. The second-order valence-electron chi connectivity index (χ2n) is 3.50. The third kappa shape index (κ3) is 2.86. The highest BCUT2D eigenvalue weighted by Gasteiger charge is 2.35. The zero-order valence-electron chi connectivity index (χ0n) is 9.14. The number of nitriles is 2. The van der Waals surface area contributed by atoms with E-state index < -0.39 is 28.7 Å². The number of benzene rings is 1. The van der Waals surface area contributed by atoms with Gasteiger partial charge in [-0.1, -0.05) is 0 Å². The van der Waals surface area contributed by atoms with Crippen LogP contribution in [0.5, 0.6) is 0 Å². The SMILES string of the molecule is Cc1cc(C=C(C#N)C#N)c(F)c(C(F)(F)F)c1. The van der Waals surface area contributed by atoms with Crippen molar-refractivity contribution in [3.8, 4) is 12.1 Å². The summed E-state index contributed by atoms with van der Waals surface area (Å²) < 4.78 is 51.2. The Bertz CT molecular complexity index is 570. The van der Waals surface area contributed by atoms with Crippen LogP contribution in [0.3, 0.4) is 0 Å². The van der Waals surface area contributed by atoms with Gasteiger partial charge < -0.3 is 0 Å². The van der Waals surface area contributed by atoms with Crippen molar-refractivity contribution in [1.82, 2.24) is 0 Å². The molecular formula is C12H6F4N2. The Morgan fingerprint density at radius 2 is 1.78 bits per heavy atom. The third-order valence-corrected chi connectivity index (χ3v) is 2.09. The Morgan fingerprint density at radius 1 is 1.22 bits per heavy atom. The first-order valence-corrected chi connectivity index (χ1v) is 4.69. The van der Waals surface area contributed by atoms with Crippen LogP contribution in [0.1, 0.15) is 16.7 Å². The second kappa shape index (κ2) is 4.89. The summed E-state index contributed by atoms with van der Waals surface area (Å²) in [4.78, 5) is 0. The van der Waals surface area contributed by atoms with E-state index >= 15 is 0 Å². The topological polar surface area (TPSA) is 47.6 Å². The summed E-state index contributed by atoms with van der Waals surface area (Å²) in [6.07, 6.45) is -4.03. The van der Waals surface area contributed by atoms with Crippen molar-refractivity contribution in [1.29, 1.82) is 10.5 Å². The van der Waals surface area contributed by atoms with E-state index in [1.165, 1.54) is 19.1 Å². The molecule has 0 amide bonds. The summed E-state index contributed by atoms with van der Waals surface area (Å²) in [7, 11) is 0. The van der Waals surface area contributed by atoms with Crippen molar-refractivity contribution in [2.75, 3.05) is 0 Å². The van der Waals surface area contributed by atoms with Crippen LogP contribution in [-0.4, -0.2) is 0 Å². The molecule has 0 aliphatic carbocycles. The van der Waals surface area contributed by atoms with Crippen LogP contribution in [0.15, 0.2) is 17.7 Å². The van der Waals surface area contributed by atoms with E-state index in [9.17, 15) is 17.6 Å². The minimum Gasteiger partial charge on any atom is -0.206 e. The number of allylic oxidation sites excluding steroid dienone is 1. The number of halogens is 4. The predicted molar refractivity (Wildman–Crippen MR) is 55.3 cm³/mol. The second-order valence-corrected chi connectivity index (χ2v) is 3.50. The van der Waals surface area contributed by atoms with Gasteiger partial charge in [0.15, 0.2) is 0 Å². The number of nitrogens with zero attached hydrogens (tertiary/aromatic N) is 2. The van der Waals surface area contributed by atoms with Crippen molar-refractivity contribution >= 4 is 6.08 Å². The lowest BCUT2D eigenvalue weighted by atomic mass is 10.0. The van der Waals surface area contributed by atoms with Gasteiger partial charge in [-0.05, 0) is 30.7 Å². The normalized spacial score (nSPS) is 10.4. The fourth-order valence-corrected chi connectivity index (χ4v) is 1.35. The van der Waals surface area contributed by atoms with E-state index in [1.54, 1.807) is 0 Å². The maximum Gasteiger partial charge on any atom is 0.419 e. The fourth-order valence-electron chi connectivity index (χ4n) is 1.35. The van der Waals surface area contributed by atoms with Gasteiger partial charge in [-0.15, -0.1) is 0 Å². The molecule has 0 atom stereocenters. The predicted octanol–water partition coefficient (Wildman–Crippen LogP) is 3.58. The first kappa shape index (κ1) is 13.7. The van der Waals surface area contributed by atoms with Gasteiger partial charge in [-0.25, -0.2) is 4.39 Å². The van der Waals surface area contributed by atoms with Crippen molar-refractivity contribution in [3.63, 3.8) is 0 Å². The number of hydrogen-bond acceptors (Lipinski definition) is 2. The molecule has 0 saturated heterocycles. The number of hydrogen-bond donors (Lipinski definition) is 0. The summed E-state index contributed by atoms with van der Waals surface area (Å²) in [6, 6.07) is 4.72. The van der Waals surface area contributed by atoms with Crippen LogP contribution in [0.2, 0.25) is 0 Å². The monoisotopic (exact) mass is 254 g/mol. The van der Waals surface area contributed by atoms with Crippen LogP contribution in [-0.2, 0) is 6.18 Å². The molecule has 2 nitrogen and oxygen atoms in total. The Kier molecular flexibility index (Phi) is 3.73. The molecule has 0 bridgehead atoms. The Balaban J connectivity index is 3.51. The van der Waals surface area contributed by atoms with E-state index in [0.717, 1.165) is 12.1 Å². The van der Waals surface area contributed by atoms with Crippen LogP contribution in [0.4, 0.5) is 17.6 Å². The molecule has 1 rings (SSSR count). The molecule has 0 heterocycles. The van der Waals surface area contributed by atoms with Gasteiger partial charge in [0, 0.05) is 5.56 Å². The lowest BCUT2D eigenvalue weighted by Crippen LogP contribution is -2.09. The molecule has 0 aliphatic rings. The van der Waals surface area contributed by atoms with Crippen LogP contribution in [0, 0.1) is 35.4 Å². The summed E-state index contributed by atoms with van der Waals surface area (Å²) in [5, 5.41) is 17.0. The third-order valence-electron chi connectivity index (χ3n) is 2.09. The summed E-state index contributed by atoms with van der Waals surface area (Å²) in [5.74, 6) is -1.49. The molecule has 92 valence electrons. The highest BCUT2D eigenvalue weighted by Crippen LogP contribution is 2.33.